The third-order valence-electron chi connectivity index (χ3n) is 3.63. The lowest BCUT2D eigenvalue weighted by Gasteiger charge is -2.32. The quantitative estimate of drug-likeness (QED) is 0.904. The second-order valence-corrected chi connectivity index (χ2v) is 4.80. The van der Waals surface area contributed by atoms with E-state index in [-0.39, 0.29) is 30.6 Å². The number of halogens is 3. The summed E-state index contributed by atoms with van der Waals surface area (Å²) in [5.41, 5.74) is 4.54. The van der Waals surface area contributed by atoms with Crippen LogP contribution in [0.3, 0.4) is 0 Å². The van der Waals surface area contributed by atoms with Crippen LogP contribution in [0, 0.1) is 5.92 Å². The van der Waals surface area contributed by atoms with Gasteiger partial charge in [0, 0.05) is 6.42 Å². The molecule has 1 aliphatic rings. The predicted octanol–water partition coefficient (Wildman–Crippen LogP) is 2.16. The summed E-state index contributed by atoms with van der Waals surface area (Å²) in [5, 5.41) is 7.34. The summed E-state index contributed by atoms with van der Waals surface area (Å²) >= 11 is 0. The van der Waals surface area contributed by atoms with Crippen molar-refractivity contribution in [2.75, 3.05) is 6.54 Å². The van der Waals surface area contributed by atoms with Crippen molar-refractivity contribution in [3.8, 4) is 0 Å². The summed E-state index contributed by atoms with van der Waals surface area (Å²) in [6, 6.07) is -0.255. The highest BCUT2D eigenvalue weighted by Crippen LogP contribution is 2.39. The van der Waals surface area contributed by atoms with E-state index in [0.29, 0.717) is 0 Å². The Kier molecular flexibility index (Phi) is 3.61. The van der Waals surface area contributed by atoms with Gasteiger partial charge in [-0.15, -0.1) is 5.10 Å². The van der Waals surface area contributed by atoms with E-state index >= 15 is 0 Å². The summed E-state index contributed by atoms with van der Waals surface area (Å²) < 4.78 is 40.2. The van der Waals surface area contributed by atoms with Crippen LogP contribution in [0.1, 0.15) is 43.6 Å². The Balaban J connectivity index is 2.34. The molecule has 1 aromatic rings. The lowest BCUT2D eigenvalue weighted by Crippen LogP contribution is -2.28. The highest BCUT2D eigenvalue weighted by Gasteiger charge is 2.41. The first-order chi connectivity index (χ1) is 8.45. The van der Waals surface area contributed by atoms with Crippen LogP contribution >= 0.6 is 0 Å². The smallest absolute Gasteiger partial charge is 0.330 e. The minimum Gasteiger partial charge on any atom is -0.330 e. The Morgan fingerprint density at radius 2 is 2.11 bits per heavy atom. The fraction of sp³-hybridized carbons (Fsp3) is 0.818. The molecule has 0 bridgehead atoms. The maximum atomic E-state index is 13.1. The Labute approximate surface area is 103 Å². The molecule has 4 nitrogen and oxygen atoms in total. The molecule has 102 valence electrons. The highest BCUT2D eigenvalue weighted by molar-refractivity contribution is 5.15. The second kappa shape index (κ2) is 4.87. The van der Waals surface area contributed by atoms with Crippen LogP contribution in [0.4, 0.5) is 13.2 Å². The first-order valence-corrected chi connectivity index (χ1v) is 6.16. The van der Waals surface area contributed by atoms with E-state index in [4.69, 9.17) is 5.73 Å². The molecule has 1 aliphatic carbocycles. The number of rotatable bonds is 4. The van der Waals surface area contributed by atoms with Crippen molar-refractivity contribution in [2.45, 2.75) is 44.8 Å². The molecular weight excluding hydrogens is 245 g/mol. The van der Waals surface area contributed by atoms with E-state index in [0.717, 1.165) is 23.9 Å². The molecule has 0 aliphatic heterocycles. The van der Waals surface area contributed by atoms with Crippen molar-refractivity contribution in [1.82, 2.24) is 15.0 Å². The lowest BCUT2D eigenvalue weighted by atomic mass is 9.80. The molecule has 0 amide bonds. The topological polar surface area (TPSA) is 56.7 Å². The standard InChI is InChI=1S/C11H17F3N4/c1-7(8-3-2-4-8)18-10(11(12,13)14)9(5-6-15)16-17-18/h7-8H,2-6,15H2,1H3. The first kappa shape index (κ1) is 13.3. The average molecular weight is 262 g/mol. The second-order valence-electron chi connectivity index (χ2n) is 4.80. The van der Waals surface area contributed by atoms with E-state index < -0.39 is 11.9 Å². The molecule has 1 heterocycles. The zero-order chi connectivity index (χ0) is 13.3. The predicted molar refractivity (Wildman–Crippen MR) is 59.8 cm³/mol. The molecule has 1 saturated carbocycles. The molecule has 2 rings (SSSR count). The van der Waals surface area contributed by atoms with Crippen molar-refractivity contribution < 1.29 is 13.2 Å². The van der Waals surface area contributed by atoms with Gasteiger partial charge in [0.1, 0.15) is 0 Å². The van der Waals surface area contributed by atoms with Crippen LogP contribution < -0.4 is 5.73 Å². The molecule has 1 fully saturated rings. The maximum absolute atomic E-state index is 13.1. The molecular formula is C11H17F3N4. The van der Waals surface area contributed by atoms with E-state index in [1.807, 2.05) is 0 Å². The number of nitrogens with two attached hydrogens (primary N) is 1. The van der Waals surface area contributed by atoms with Crippen LogP contribution in [0.5, 0.6) is 0 Å². The van der Waals surface area contributed by atoms with Crippen LogP contribution in [0.2, 0.25) is 0 Å². The number of alkyl halides is 3. The van der Waals surface area contributed by atoms with Gasteiger partial charge in [-0.2, -0.15) is 13.2 Å². The van der Waals surface area contributed by atoms with E-state index in [1.54, 1.807) is 6.92 Å². The van der Waals surface area contributed by atoms with Gasteiger partial charge in [-0.25, -0.2) is 4.68 Å². The summed E-state index contributed by atoms with van der Waals surface area (Å²) in [6.45, 7) is 1.92. The van der Waals surface area contributed by atoms with E-state index in [9.17, 15) is 13.2 Å². The maximum Gasteiger partial charge on any atom is 0.434 e. The molecule has 0 radical (unpaired) electrons. The largest absolute Gasteiger partial charge is 0.434 e. The molecule has 1 atom stereocenters. The molecule has 2 N–H and O–H groups in total. The van der Waals surface area contributed by atoms with Gasteiger partial charge in [-0.1, -0.05) is 11.6 Å². The fourth-order valence-electron chi connectivity index (χ4n) is 2.33. The lowest BCUT2D eigenvalue weighted by molar-refractivity contribution is -0.146. The minimum atomic E-state index is -4.42. The zero-order valence-electron chi connectivity index (χ0n) is 10.2. The summed E-state index contributed by atoms with van der Waals surface area (Å²) in [6.07, 6.45) is -1.31. The highest BCUT2D eigenvalue weighted by atomic mass is 19.4. The SMILES string of the molecule is CC(C1CCC1)n1nnc(CCN)c1C(F)(F)F. The summed E-state index contributed by atoms with van der Waals surface area (Å²) in [5.74, 6) is 0.276. The molecule has 0 spiro atoms. The van der Waals surface area contributed by atoms with Crippen molar-refractivity contribution in [3.05, 3.63) is 11.4 Å². The monoisotopic (exact) mass is 262 g/mol. The number of aromatic nitrogens is 3. The third-order valence-corrected chi connectivity index (χ3v) is 3.63. The van der Waals surface area contributed by atoms with Gasteiger partial charge in [0.25, 0.3) is 0 Å². The Morgan fingerprint density at radius 3 is 2.56 bits per heavy atom. The Hall–Kier alpha value is -1.11. The normalized spacial score (nSPS) is 18.7. The van der Waals surface area contributed by atoms with Crippen molar-refractivity contribution in [1.29, 1.82) is 0 Å². The Morgan fingerprint density at radius 1 is 1.44 bits per heavy atom. The minimum absolute atomic E-state index is 0.0452. The average Bonchev–Trinajstić information content (AvgIpc) is 2.58. The van der Waals surface area contributed by atoms with Crippen molar-refractivity contribution >= 4 is 0 Å². The molecule has 0 saturated heterocycles. The van der Waals surface area contributed by atoms with Crippen LogP contribution in [-0.4, -0.2) is 21.5 Å². The van der Waals surface area contributed by atoms with Gasteiger partial charge in [0.2, 0.25) is 0 Å². The van der Waals surface area contributed by atoms with Gasteiger partial charge in [-0.05, 0) is 32.2 Å². The van der Waals surface area contributed by atoms with Gasteiger partial charge < -0.3 is 5.73 Å². The molecule has 7 heteroatoms. The van der Waals surface area contributed by atoms with Crippen molar-refractivity contribution in [3.63, 3.8) is 0 Å². The van der Waals surface area contributed by atoms with Gasteiger partial charge in [0.05, 0.1) is 11.7 Å². The molecule has 1 unspecified atom stereocenters. The molecule has 1 aromatic heterocycles. The van der Waals surface area contributed by atoms with Gasteiger partial charge >= 0.3 is 6.18 Å². The van der Waals surface area contributed by atoms with E-state index in [2.05, 4.69) is 10.3 Å². The molecule has 0 aromatic carbocycles. The number of hydrogen-bond donors (Lipinski definition) is 1. The van der Waals surface area contributed by atoms with Crippen LogP contribution in [0.25, 0.3) is 0 Å². The van der Waals surface area contributed by atoms with E-state index in [1.165, 1.54) is 0 Å². The first-order valence-electron chi connectivity index (χ1n) is 6.16. The zero-order valence-corrected chi connectivity index (χ0v) is 10.2. The third kappa shape index (κ3) is 2.36. The fourth-order valence-corrected chi connectivity index (χ4v) is 2.33. The summed E-state index contributed by atoms with van der Waals surface area (Å²) in [7, 11) is 0. The van der Waals surface area contributed by atoms with Crippen LogP contribution in [-0.2, 0) is 12.6 Å². The number of hydrogen-bond acceptors (Lipinski definition) is 3. The summed E-state index contributed by atoms with van der Waals surface area (Å²) in [4.78, 5) is 0. The van der Waals surface area contributed by atoms with Gasteiger partial charge in [0.15, 0.2) is 5.69 Å². The molecule has 18 heavy (non-hydrogen) atoms. The Bertz CT molecular complexity index is 409. The van der Waals surface area contributed by atoms with Gasteiger partial charge in [-0.3, -0.25) is 0 Å². The van der Waals surface area contributed by atoms with Crippen molar-refractivity contribution in [2.24, 2.45) is 11.7 Å². The number of nitrogens with zero attached hydrogens (tertiary/aromatic N) is 3. The van der Waals surface area contributed by atoms with Crippen LogP contribution in [0.15, 0.2) is 0 Å².